The number of nitrogens with zero attached hydrogens (tertiary/aromatic N) is 1. The number of pyridine rings is 1. The number of hydrogen-bond acceptors (Lipinski definition) is 4. The van der Waals surface area contributed by atoms with Crippen molar-refractivity contribution in [3.63, 3.8) is 0 Å². The molecule has 26 heavy (non-hydrogen) atoms. The van der Waals surface area contributed by atoms with Crippen molar-refractivity contribution in [1.29, 1.82) is 0 Å². The normalized spacial score (nSPS) is 10.3. The zero-order valence-corrected chi connectivity index (χ0v) is 14.6. The first kappa shape index (κ1) is 17.6. The second-order valence-corrected chi connectivity index (χ2v) is 5.85. The van der Waals surface area contributed by atoms with Crippen LogP contribution in [-0.2, 0) is 13.1 Å². The highest BCUT2D eigenvalue weighted by atomic mass is 16.5. The number of amides is 1. The molecule has 2 aromatic carbocycles. The summed E-state index contributed by atoms with van der Waals surface area (Å²) in [4.78, 5) is 16.5. The van der Waals surface area contributed by atoms with Crippen LogP contribution in [0.1, 0.15) is 21.5 Å². The van der Waals surface area contributed by atoms with Gasteiger partial charge < -0.3 is 15.4 Å². The number of rotatable bonds is 7. The van der Waals surface area contributed by atoms with Crippen molar-refractivity contribution in [3.05, 3.63) is 89.7 Å². The van der Waals surface area contributed by atoms with E-state index in [-0.39, 0.29) is 5.91 Å². The molecule has 1 aromatic heterocycles. The summed E-state index contributed by atoms with van der Waals surface area (Å²) in [6.45, 7) is 1.46. The predicted octanol–water partition coefficient (Wildman–Crippen LogP) is 3.63. The van der Waals surface area contributed by atoms with E-state index in [1.54, 1.807) is 37.6 Å². The molecule has 0 unspecified atom stereocenters. The van der Waals surface area contributed by atoms with Crippen molar-refractivity contribution in [1.82, 2.24) is 10.3 Å². The van der Waals surface area contributed by atoms with Gasteiger partial charge in [0, 0.05) is 36.7 Å². The van der Waals surface area contributed by atoms with Gasteiger partial charge >= 0.3 is 0 Å². The smallest absolute Gasteiger partial charge is 0.255 e. The van der Waals surface area contributed by atoms with E-state index in [9.17, 15) is 4.79 Å². The number of nitrogens with one attached hydrogen (secondary N) is 2. The maximum Gasteiger partial charge on any atom is 0.255 e. The number of carbonyl (C=O) groups is 1. The molecular weight excluding hydrogens is 326 g/mol. The third kappa shape index (κ3) is 4.91. The average molecular weight is 347 g/mol. The number of carbonyl (C=O) groups excluding carboxylic acids is 1. The summed E-state index contributed by atoms with van der Waals surface area (Å²) in [6, 6.07) is 18.8. The second-order valence-electron chi connectivity index (χ2n) is 5.85. The first-order chi connectivity index (χ1) is 12.7. The lowest BCUT2D eigenvalue weighted by molar-refractivity contribution is 0.102. The monoisotopic (exact) mass is 347 g/mol. The van der Waals surface area contributed by atoms with Crippen LogP contribution >= 0.6 is 0 Å². The van der Waals surface area contributed by atoms with Crippen LogP contribution in [0.15, 0.2) is 73.1 Å². The lowest BCUT2D eigenvalue weighted by atomic mass is 10.1. The molecule has 0 bridgehead atoms. The molecule has 5 heteroatoms. The van der Waals surface area contributed by atoms with Crippen molar-refractivity contribution >= 4 is 11.6 Å². The molecule has 3 rings (SSSR count). The molecule has 0 spiro atoms. The Hall–Kier alpha value is -3.18. The van der Waals surface area contributed by atoms with Gasteiger partial charge in [-0.05, 0) is 53.6 Å². The van der Waals surface area contributed by atoms with Gasteiger partial charge in [0.2, 0.25) is 0 Å². The molecule has 1 heterocycles. The van der Waals surface area contributed by atoms with Gasteiger partial charge in [-0.15, -0.1) is 0 Å². The van der Waals surface area contributed by atoms with E-state index in [0.29, 0.717) is 12.1 Å². The minimum absolute atomic E-state index is 0.145. The summed E-state index contributed by atoms with van der Waals surface area (Å²) < 4.78 is 5.11. The van der Waals surface area contributed by atoms with Crippen molar-refractivity contribution in [2.24, 2.45) is 0 Å². The Morgan fingerprint density at radius 1 is 1.00 bits per heavy atom. The minimum Gasteiger partial charge on any atom is -0.497 e. The van der Waals surface area contributed by atoms with Crippen LogP contribution in [0.2, 0.25) is 0 Å². The SMILES string of the molecule is COc1ccc(C(=O)Nc2cccc(CNCc3cccnc3)c2)cc1. The van der Waals surface area contributed by atoms with Gasteiger partial charge in [0.15, 0.2) is 0 Å². The van der Waals surface area contributed by atoms with Crippen LogP contribution < -0.4 is 15.4 Å². The Morgan fingerprint density at radius 3 is 2.50 bits per heavy atom. The third-order valence-electron chi connectivity index (χ3n) is 3.92. The fraction of sp³-hybridized carbons (Fsp3) is 0.143. The summed E-state index contributed by atoms with van der Waals surface area (Å²) in [6.07, 6.45) is 3.61. The maximum atomic E-state index is 12.3. The van der Waals surface area contributed by atoms with Crippen LogP contribution in [-0.4, -0.2) is 18.0 Å². The first-order valence-electron chi connectivity index (χ1n) is 8.38. The van der Waals surface area contributed by atoms with Gasteiger partial charge in [-0.2, -0.15) is 0 Å². The van der Waals surface area contributed by atoms with Crippen LogP contribution in [0.3, 0.4) is 0 Å². The molecule has 2 N–H and O–H groups in total. The minimum atomic E-state index is -0.145. The summed E-state index contributed by atoms with van der Waals surface area (Å²) in [5.74, 6) is 0.580. The third-order valence-corrected chi connectivity index (χ3v) is 3.92. The van der Waals surface area contributed by atoms with Gasteiger partial charge in [-0.3, -0.25) is 9.78 Å². The Kier molecular flexibility index (Phi) is 5.96. The van der Waals surface area contributed by atoms with E-state index in [1.165, 1.54) is 0 Å². The van der Waals surface area contributed by atoms with E-state index >= 15 is 0 Å². The van der Waals surface area contributed by atoms with Crippen molar-refractivity contribution < 1.29 is 9.53 Å². The van der Waals surface area contributed by atoms with Gasteiger partial charge in [-0.1, -0.05) is 18.2 Å². The van der Waals surface area contributed by atoms with E-state index in [1.807, 2.05) is 42.6 Å². The van der Waals surface area contributed by atoms with Crippen molar-refractivity contribution in [2.45, 2.75) is 13.1 Å². The van der Waals surface area contributed by atoms with Crippen LogP contribution in [0.25, 0.3) is 0 Å². The van der Waals surface area contributed by atoms with Gasteiger partial charge in [0.05, 0.1) is 7.11 Å². The highest BCUT2D eigenvalue weighted by molar-refractivity contribution is 6.04. The quantitative estimate of drug-likeness (QED) is 0.685. The van der Waals surface area contributed by atoms with Crippen LogP contribution in [0.4, 0.5) is 5.69 Å². The molecule has 132 valence electrons. The highest BCUT2D eigenvalue weighted by Crippen LogP contribution is 2.15. The molecule has 0 radical (unpaired) electrons. The maximum absolute atomic E-state index is 12.3. The lowest BCUT2D eigenvalue weighted by Gasteiger charge is -2.09. The van der Waals surface area contributed by atoms with E-state index < -0.39 is 0 Å². The molecule has 5 nitrogen and oxygen atoms in total. The molecule has 1 amide bonds. The molecule has 0 fully saturated rings. The summed E-state index contributed by atoms with van der Waals surface area (Å²) in [7, 11) is 1.60. The fourth-order valence-electron chi connectivity index (χ4n) is 2.56. The Balaban J connectivity index is 1.57. The standard InChI is InChI=1S/C21H21N3O2/c1-26-20-9-7-18(8-10-20)21(25)24-19-6-2-4-16(12-19)13-23-15-17-5-3-11-22-14-17/h2-12,14,23H,13,15H2,1H3,(H,24,25). The van der Waals surface area contributed by atoms with E-state index in [0.717, 1.165) is 29.1 Å². The van der Waals surface area contributed by atoms with Gasteiger partial charge in [0.1, 0.15) is 5.75 Å². The number of anilines is 1. The van der Waals surface area contributed by atoms with Crippen LogP contribution in [0, 0.1) is 0 Å². The Morgan fingerprint density at radius 2 is 1.77 bits per heavy atom. The molecule has 0 aliphatic heterocycles. The Labute approximate surface area is 153 Å². The molecule has 0 saturated heterocycles. The van der Waals surface area contributed by atoms with E-state index in [4.69, 9.17) is 4.74 Å². The van der Waals surface area contributed by atoms with E-state index in [2.05, 4.69) is 15.6 Å². The fourth-order valence-corrected chi connectivity index (χ4v) is 2.56. The average Bonchev–Trinajstić information content (AvgIpc) is 2.69. The molecular formula is C21H21N3O2. The summed E-state index contributed by atoms with van der Waals surface area (Å²) in [5.41, 5.74) is 3.59. The number of benzene rings is 2. The van der Waals surface area contributed by atoms with Gasteiger partial charge in [-0.25, -0.2) is 0 Å². The molecule has 0 aliphatic rings. The zero-order valence-electron chi connectivity index (χ0n) is 14.6. The summed E-state index contributed by atoms with van der Waals surface area (Å²) in [5, 5.41) is 6.30. The molecule has 0 aliphatic carbocycles. The van der Waals surface area contributed by atoms with Gasteiger partial charge in [0.25, 0.3) is 5.91 Å². The number of ether oxygens (including phenoxy) is 1. The first-order valence-corrected chi connectivity index (χ1v) is 8.38. The zero-order chi connectivity index (χ0) is 18.2. The highest BCUT2D eigenvalue weighted by Gasteiger charge is 2.06. The molecule has 0 atom stereocenters. The number of hydrogen-bond donors (Lipinski definition) is 2. The second kappa shape index (κ2) is 8.78. The molecule has 3 aromatic rings. The lowest BCUT2D eigenvalue weighted by Crippen LogP contribution is -2.14. The largest absolute Gasteiger partial charge is 0.497 e. The Bertz CT molecular complexity index is 849. The summed E-state index contributed by atoms with van der Waals surface area (Å²) >= 11 is 0. The molecule has 0 saturated carbocycles. The topological polar surface area (TPSA) is 63.2 Å². The van der Waals surface area contributed by atoms with Crippen molar-refractivity contribution in [2.75, 3.05) is 12.4 Å². The predicted molar refractivity (Wildman–Crippen MR) is 102 cm³/mol. The van der Waals surface area contributed by atoms with Crippen molar-refractivity contribution in [3.8, 4) is 5.75 Å². The van der Waals surface area contributed by atoms with Crippen LogP contribution in [0.5, 0.6) is 5.75 Å². The number of aromatic nitrogens is 1. The number of methoxy groups -OCH3 is 1.